The Kier molecular flexibility index (Phi) is 5.80. The fourth-order valence-electron chi connectivity index (χ4n) is 2.49. The average Bonchev–Trinajstić information content (AvgIpc) is 2.52. The van der Waals surface area contributed by atoms with Crippen molar-refractivity contribution in [2.75, 3.05) is 11.9 Å². The number of aryl methyl sites for hydroxylation is 2. The maximum atomic E-state index is 12.0. The van der Waals surface area contributed by atoms with E-state index in [2.05, 4.69) is 37.4 Å². The van der Waals surface area contributed by atoms with Crippen LogP contribution in [0.4, 0.5) is 5.69 Å². The number of anilines is 1. The van der Waals surface area contributed by atoms with Gasteiger partial charge in [0, 0.05) is 5.69 Å². The summed E-state index contributed by atoms with van der Waals surface area (Å²) in [5.74, 6) is 1.11. The molecule has 1 atom stereocenters. The molecule has 1 amide bonds. The van der Waals surface area contributed by atoms with Crippen LogP contribution in [0.15, 0.2) is 42.5 Å². The largest absolute Gasteiger partial charge is 0.484 e. The number of rotatable bonds is 6. The van der Waals surface area contributed by atoms with Crippen LogP contribution in [0.25, 0.3) is 0 Å². The molecule has 0 aliphatic carbocycles. The standard InChI is InChI=1S/C20H25NO2/c1-5-16(4)17-6-8-18(9-7-17)21-20(22)13-23-19-11-14(2)10-15(3)12-19/h6-12,16H,5,13H2,1-4H3,(H,21,22). The first-order valence-corrected chi connectivity index (χ1v) is 8.09. The molecule has 2 aromatic carbocycles. The van der Waals surface area contributed by atoms with E-state index in [1.165, 1.54) is 5.56 Å². The summed E-state index contributed by atoms with van der Waals surface area (Å²) in [5, 5.41) is 2.86. The third-order valence-corrected chi connectivity index (χ3v) is 3.94. The Hall–Kier alpha value is -2.29. The molecule has 0 spiro atoms. The normalized spacial score (nSPS) is 11.8. The van der Waals surface area contributed by atoms with Gasteiger partial charge in [-0.15, -0.1) is 0 Å². The third kappa shape index (κ3) is 5.13. The third-order valence-electron chi connectivity index (χ3n) is 3.94. The van der Waals surface area contributed by atoms with Gasteiger partial charge in [-0.25, -0.2) is 0 Å². The molecule has 2 rings (SSSR count). The van der Waals surface area contributed by atoms with Crippen molar-refractivity contribution in [3.8, 4) is 5.75 Å². The van der Waals surface area contributed by atoms with Crippen molar-refractivity contribution >= 4 is 11.6 Å². The van der Waals surface area contributed by atoms with Crippen LogP contribution in [0.1, 0.15) is 42.9 Å². The fraction of sp³-hybridized carbons (Fsp3) is 0.350. The molecule has 1 N–H and O–H groups in total. The van der Waals surface area contributed by atoms with Gasteiger partial charge in [0.15, 0.2) is 6.61 Å². The van der Waals surface area contributed by atoms with E-state index in [0.29, 0.717) is 5.92 Å². The highest BCUT2D eigenvalue weighted by atomic mass is 16.5. The molecule has 0 heterocycles. The van der Waals surface area contributed by atoms with E-state index in [4.69, 9.17) is 4.74 Å². The van der Waals surface area contributed by atoms with E-state index in [0.717, 1.165) is 29.0 Å². The lowest BCUT2D eigenvalue weighted by Gasteiger charge is -2.11. The summed E-state index contributed by atoms with van der Waals surface area (Å²) < 4.78 is 5.57. The van der Waals surface area contributed by atoms with E-state index in [-0.39, 0.29) is 12.5 Å². The van der Waals surface area contributed by atoms with E-state index in [1.54, 1.807) is 0 Å². The van der Waals surface area contributed by atoms with Gasteiger partial charge >= 0.3 is 0 Å². The topological polar surface area (TPSA) is 38.3 Å². The smallest absolute Gasteiger partial charge is 0.262 e. The molecule has 2 aromatic rings. The number of hydrogen-bond acceptors (Lipinski definition) is 2. The van der Waals surface area contributed by atoms with Gasteiger partial charge in [-0.05, 0) is 67.1 Å². The van der Waals surface area contributed by atoms with Gasteiger partial charge in [0.2, 0.25) is 0 Å². The van der Waals surface area contributed by atoms with Crippen LogP contribution in [-0.4, -0.2) is 12.5 Å². The molecule has 0 aliphatic heterocycles. The lowest BCUT2D eigenvalue weighted by atomic mass is 9.99. The summed E-state index contributed by atoms with van der Waals surface area (Å²) in [6.07, 6.45) is 1.11. The molecule has 0 saturated carbocycles. The van der Waals surface area contributed by atoms with Crippen molar-refractivity contribution in [2.24, 2.45) is 0 Å². The Morgan fingerprint density at radius 1 is 1.09 bits per heavy atom. The molecule has 23 heavy (non-hydrogen) atoms. The molecule has 0 aliphatic rings. The fourth-order valence-corrected chi connectivity index (χ4v) is 2.49. The predicted molar refractivity (Wildman–Crippen MR) is 95.2 cm³/mol. The molecule has 0 bridgehead atoms. The Balaban J connectivity index is 1.89. The second-order valence-electron chi connectivity index (χ2n) is 6.09. The number of hydrogen-bond donors (Lipinski definition) is 1. The van der Waals surface area contributed by atoms with Crippen LogP contribution in [0.5, 0.6) is 5.75 Å². The Bertz CT molecular complexity index is 642. The minimum absolute atomic E-state index is 0.00993. The second kappa shape index (κ2) is 7.82. The van der Waals surface area contributed by atoms with Crippen LogP contribution in [0, 0.1) is 13.8 Å². The number of carbonyl (C=O) groups is 1. The van der Waals surface area contributed by atoms with Crippen molar-refractivity contribution in [1.29, 1.82) is 0 Å². The van der Waals surface area contributed by atoms with Gasteiger partial charge < -0.3 is 10.1 Å². The molecule has 122 valence electrons. The minimum atomic E-state index is -0.152. The van der Waals surface area contributed by atoms with Crippen LogP contribution in [0.2, 0.25) is 0 Å². The van der Waals surface area contributed by atoms with Gasteiger partial charge in [0.1, 0.15) is 5.75 Å². The molecule has 0 saturated heterocycles. The number of ether oxygens (including phenoxy) is 1. The van der Waals surface area contributed by atoms with E-state index in [1.807, 2.05) is 38.1 Å². The molecule has 3 nitrogen and oxygen atoms in total. The summed E-state index contributed by atoms with van der Waals surface area (Å²) in [6.45, 7) is 8.41. The van der Waals surface area contributed by atoms with Gasteiger partial charge in [0.25, 0.3) is 5.91 Å². The maximum absolute atomic E-state index is 12.0. The molecule has 1 unspecified atom stereocenters. The highest BCUT2D eigenvalue weighted by molar-refractivity contribution is 5.91. The van der Waals surface area contributed by atoms with Crippen LogP contribution in [0.3, 0.4) is 0 Å². The maximum Gasteiger partial charge on any atom is 0.262 e. The summed E-state index contributed by atoms with van der Waals surface area (Å²) >= 11 is 0. The van der Waals surface area contributed by atoms with Crippen molar-refractivity contribution in [2.45, 2.75) is 40.0 Å². The number of nitrogens with one attached hydrogen (secondary N) is 1. The van der Waals surface area contributed by atoms with Gasteiger partial charge in [0.05, 0.1) is 0 Å². The second-order valence-corrected chi connectivity index (χ2v) is 6.09. The zero-order chi connectivity index (χ0) is 16.8. The van der Waals surface area contributed by atoms with Crippen molar-refractivity contribution < 1.29 is 9.53 Å². The quantitative estimate of drug-likeness (QED) is 0.829. The molecule has 0 fully saturated rings. The predicted octanol–water partition coefficient (Wildman–Crippen LogP) is 4.83. The SMILES string of the molecule is CCC(C)c1ccc(NC(=O)COc2cc(C)cc(C)c2)cc1. The molecular formula is C20H25NO2. The first-order chi connectivity index (χ1) is 11.0. The van der Waals surface area contributed by atoms with Crippen LogP contribution in [-0.2, 0) is 4.79 Å². The average molecular weight is 311 g/mol. The summed E-state index contributed by atoms with van der Waals surface area (Å²) in [5.41, 5.74) is 4.34. The minimum Gasteiger partial charge on any atom is -0.484 e. The van der Waals surface area contributed by atoms with E-state index in [9.17, 15) is 4.79 Å². The van der Waals surface area contributed by atoms with Gasteiger partial charge in [-0.2, -0.15) is 0 Å². The first kappa shape index (κ1) is 17.1. The Labute approximate surface area is 138 Å². The highest BCUT2D eigenvalue weighted by Gasteiger charge is 2.06. The zero-order valence-electron chi connectivity index (χ0n) is 14.3. The molecular weight excluding hydrogens is 286 g/mol. The number of carbonyl (C=O) groups excluding carboxylic acids is 1. The highest BCUT2D eigenvalue weighted by Crippen LogP contribution is 2.20. The first-order valence-electron chi connectivity index (χ1n) is 8.09. The van der Waals surface area contributed by atoms with E-state index < -0.39 is 0 Å². The number of amides is 1. The van der Waals surface area contributed by atoms with Crippen LogP contribution < -0.4 is 10.1 Å². The van der Waals surface area contributed by atoms with Crippen molar-refractivity contribution in [3.05, 3.63) is 59.2 Å². The van der Waals surface area contributed by atoms with E-state index >= 15 is 0 Å². The van der Waals surface area contributed by atoms with Gasteiger partial charge in [-0.3, -0.25) is 4.79 Å². The summed E-state index contributed by atoms with van der Waals surface area (Å²) in [7, 11) is 0. The van der Waals surface area contributed by atoms with Gasteiger partial charge in [-0.1, -0.05) is 32.0 Å². The lowest BCUT2D eigenvalue weighted by molar-refractivity contribution is -0.118. The van der Waals surface area contributed by atoms with Crippen molar-refractivity contribution in [1.82, 2.24) is 0 Å². The Morgan fingerprint density at radius 3 is 2.26 bits per heavy atom. The molecule has 0 radical (unpaired) electrons. The van der Waals surface area contributed by atoms with Crippen LogP contribution >= 0.6 is 0 Å². The summed E-state index contributed by atoms with van der Waals surface area (Å²) in [4.78, 5) is 12.0. The monoisotopic (exact) mass is 311 g/mol. The van der Waals surface area contributed by atoms with Crippen molar-refractivity contribution in [3.63, 3.8) is 0 Å². The lowest BCUT2D eigenvalue weighted by Crippen LogP contribution is -2.20. The molecule has 3 heteroatoms. The number of benzene rings is 2. The zero-order valence-corrected chi connectivity index (χ0v) is 14.3. The molecule has 0 aromatic heterocycles. The summed E-state index contributed by atoms with van der Waals surface area (Å²) in [6, 6.07) is 13.9. The Morgan fingerprint density at radius 2 is 1.70 bits per heavy atom.